The molecule has 1 aliphatic heterocycles. The number of hydrogen-bond acceptors (Lipinski definition) is 7. The van der Waals surface area contributed by atoms with Crippen LogP contribution in [0.5, 0.6) is 5.88 Å². The molecule has 0 bridgehead atoms. The van der Waals surface area contributed by atoms with Gasteiger partial charge in [0.25, 0.3) is 5.91 Å². The summed E-state index contributed by atoms with van der Waals surface area (Å²) in [4.78, 5) is 35.1. The summed E-state index contributed by atoms with van der Waals surface area (Å²) in [5.74, 6) is -1.54. The number of aromatic nitrogens is 2. The van der Waals surface area contributed by atoms with E-state index in [2.05, 4.69) is 9.97 Å². The summed E-state index contributed by atoms with van der Waals surface area (Å²) in [5.41, 5.74) is -0.139. The lowest BCUT2D eigenvalue weighted by Crippen LogP contribution is -2.34. The maximum absolute atomic E-state index is 11.6. The summed E-state index contributed by atoms with van der Waals surface area (Å²) in [6.07, 6.45) is 1.86. The molecule has 8 heteroatoms. The molecule has 0 unspecified atom stereocenters. The zero-order chi connectivity index (χ0) is 13.0. The minimum atomic E-state index is -0.855. The minimum absolute atomic E-state index is 0.109. The van der Waals surface area contributed by atoms with Crippen LogP contribution in [0.25, 0.3) is 0 Å². The highest BCUT2D eigenvalue weighted by atomic mass is 16.7. The highest BCUT2D eigenvalue weighted by Gasteiger charge is 2.22. The Morgan fingerprint density at radius 2 is 2.33 bits per heavy atom. The van der Waals surface area contributed by atoms with Crippen LogP contribution < -0.4 is 0 Å². The molecule has 0 radical (unpaired) electrons. The van der Waals surface area contributed by atoms with Crippen LogP contribution in [0, 0.1) is 0 Å². The van der Waals surface area contributed by atoms with Gasteiger partial charge in [0.1, 0.15) is 6.33 Å². The maximum atomic E-state index is 11.6. The van der Waals surface area contributed by atoms with Gasteiger partial charge in [0.2, 0.25) is 5.88 Å². The Kier molecular flexibility index (Phi) is 3.68. The van der Waals surface area contributed by atoms with Gasteiger partial charge < -0.3 is 14.7 Å². The molecule has 1 aliphatic rings. The molecule has 96 valence electrons. The van der Waals surface area contributed by atoms with Crippen LogP contribution in [0.4, 0.5) is 0 Å². The molecule has 18 heavy (non-hydrogen) atoms. The predicted octanol–water partition coefficient (Wildman–Crippen LogP) is -0.150. The third-order valence-electron chi connectivity index (χ3n) is 2.22. The highest BCUT2D eigenvalue weighted by Crippen LogP contribution is 2.10. The Hall–Kier alpha value is -2.22. The lowest BCUT2D eigenvalue weighted by molar-refractivity contribution is -0.183. The van der Waals surface area contributed by atoms with Gasteiger partial charge in [-0.1, -0.05) is 0 Å². The van der Waals surface area contributed by atoms with E-state index in [1.54, 1.807) is 0 Å². The van der Waals surface area contributed by atoms with Gasteiger partial charge >= 0.3 is 5.97 Å². The Bertz CT molecular complexity index is 465. The van der Waals surface area contributed by atoms with Gasteiger partial charge in [-0.15, -0.1) is 5.06 Å². The maximum Gasteiger partial charge on any atom is 0.381 e. The first kappa shape index (κ1) is 12.2. The van der Waals surface area contributed by atoms with E-state index in [1.807, 2.05) is 0 Å². The average Bonchev–Trinajstić information content (AvgIpc) is 2.55. The topological polar surface area (TPSA) is 102 Å². The summed E-state index contributed by atoms with van der Waals surface area (Å²) < 4.78 is 5.08. The number of rotatable bonds is 2. The van der Waals surface area contributed by atoms with E-state index in [0.717, 1.165) is 17.5 Å². The third kappa shape index (κ3) is 2.92. The molecule has 1 fully saturated rings. The Labute approximate surface area is 102 Å². The van der Waals surface area contributed by atoms with Crippen LogP contribution in [-0.2, 0) is 14.4 Å². The fourth-order valence-corrected chi connectivity index (χ4v) is 1.35. The molecule has 0 aliphatic carbocycles. The van der Waals surface area contributed by atoms with Crippen LogP contribution >= 0.6 is 0 Å². The van der Waals surface area contributed by atoms with Crippen LogP contribution in [0.2, 0.25) is 0 Å². The molecule has 8 nitrogen and oxygen atoms in total. The van der Waals surface area contributed by atoms with Crippen molar-refractivity contribution in [2.45, 2.75) is 12.8 Å². The number of aromatic hydroxyl groups is 1. The first-order chi connectivity index (χ1) is 8.66. The van der Waals surface area contributed by atoms with Gasteiger partial charge in [0, 0.05) is 19.1 Å². The molecule has 0 spiro atoms. The second-order valence-corrected chi connectivity index (χ2v) is 3.55. The van der Waals surface area contributed by atoms with Gasteiger partial charge in [-0.3, -0.25) is 4.79 Å². The van der Waals surface area contributed by atoms with E-state index in [0.29, 0.717) is 13.0 Å². The first-order valence-corrected chi connectivity index (χ1v) is 5.28. The van der Waals surface area contributed by atoms with Crippen molar-refractivity contribution in [3.05, 3.63) is 18.1 Å². The average molecular weight is 253 g/mol. The van der Waals surface area contributed by atoms with Crippen molar-refractivity contribution in [1.82, 2.24) is 15.0 Å². The van der Waals surface area contributed by atoms with Crippen LogP contribution in [0.15, 0.2) is 12.4 Å². The molecule has 2 heterocycles. The van der Waals surface area contributed by atoms with E-state index in [9.17, 15) is 9.59 Å². The molecule has 0 saturated carbocycles. The zero-order valence-electron chi connectivity index (χ0n) is 9.40. The van der Waals surface area contributed by atoms with Gasteiger partial charge in [-0.2, -0.15) is 0 Å². The molecule has 1 aromatic heterocycles. The van der Waals surface area contributed by atoms with Crippen molar-refractivity contribution >= 4 is 11.9 Å². The van der Waals surface area contributed by atoms with Crippen LogP contribution in [0.1, 0.15) is 23.3 Å². The molecule has 1 amide bonds. The van der Waals surface area contributed by atoms with E-state index >= 15 is 0 Å². The Balaban J connectivity index is 2.04. The first-order valence-electron chi connectivity index (χ1n) is 5.28. The molecule has 0 aromatic carbocycles. The summed E-state index contributed by atoms with van der Waals surface area (Å²) in [6.45, 7) is 0.329. The molecule has 1 aromatic rings. The number of carbonyl (C=O) groups excluding carboxylic acids is 2. The van der Waals surface area contributed by atoms with Crippen molar-refractivity contribution in [1.29, 1.82) is 0 Å². The standard InChI is InChI=1S/C10H11N3O5/c14-8-4-7(11-5-12-8)10(16)18-13-6-17-3-1-2-9(13)15/h4-5H,1-3,6H2,(H,11,12,14). The summed E-state index contributed by atoms with van der Waals surface area (Å²) in [7, 11) is 0. The monoisotopic (exact) mass is 253 g/mol. The molecule has 0 atom stereocenters. The van der Waals surface area contributed by atoms with Crippen LogP contribution in [0.3, 0.4) is 0 Å². The quantitative estimate of drug-likeness (QED) is 0.781. The molecular weight excluding hydrogens is 242 g/mol. The van der Waals surface area contributed by atoms with Crippen LogP contribution in [-0.4, -0.2) is 45.4 Å². The van der Waals surface area contributed by atoms with Gasteiger partial charge in [0.15, 0.2) is 12.4 Å². The number of nitrogens with zero attached hydrogens (tertiary/aromatic N) is 3. The second kappa shape index (κ2) is 5.41. The lowest BCUT2D eigenvalue weighted by Gasteiger charge is -2.17. The second-order valence-electron chi connectivity index (χ2n) is 3.55. The number of ether oxygens (including phenoxy) is 1. The van der Waals surface area contributed by atoms with E-state index < -0.39 is 5.97 Å². The third-order valence-corrected chi connectivity index (χ3v) is 2.22. The highest BCUT2D eigenvalue weighted by molar-refractivity contribution is 5.88. The number of hydrogen-bond donors (Lipinski definition) is 1. The zero-order valence-corrected chi connectivity index (χ0v) is 9.40. The fraction of sp³-hybridized carbons (Fsp3) is 0.400. The lowest BCUT2D eigenvalue weighted by atomic mass is 10.3. The molecular formula is C10H11N3O5. The molecule has 1 saturated heterocycles. The van der Waals surface area contributed by atoms with Gasteiger partial charge in [-0.05, 0) is 6.42 Å². The smallest absolute Gasteiger partial charge is 0.381 e. The fourth-order valence-electron chi connectivity index (χ4n) is 1.35. The normalized spacial score (nSPS) is 16.2. The van der Waals surface area contributed by atoms with Crippen molar-refractivity contribution < 1.29 is 24.3 Å². The summed E-state index contributed by atoms with van der Waals surface area (Å²) in [6, 6.07) is 1.05. The predicted molar refractivity (Wildman–Crippen MR) is 56.0 cm³/mol. The largest absolute Gasteiger partial charge is 0.493 e. The number of amides is 1. The van der Waals surface area contributed by atoms with Crippen molar-refractivity contribution in [2.75, 3.05) is 13.3 Å². The van der Waals surface area contributed by atoms with E-state index in [-0.39, 0.29) is 30.6 Å². The minimum Gasteiger partial charge on any atom is -0.493 e. The van der Waals surface area contributed by atoms with E-state index in [1.165, 1.54) is 0 Å². The van der Waals surface area contributed by atoms with Crippen molar-refractivity contribution in [3.63, 3.8) is 0 Å². The Morgan fingerprint density at radius 3 is 3.11 bits per heavy atom. The molecule has 2 rings (SSSR count). The van der Waals surface area contributed by atoms with Crippen molar-refractivity contribution in [2.24, 2.45) is 0 Å². The van der Waals surface area contributed by atoms with Gasteiger partial charge in [-0.25, -0.2) is 14.8 Å². The Morgan fingerprint density at radius 1 is 1.50 bits per heavy atom. The SMILES string of the molecule is O=C(ON1COCCCC1=O)c1cc(O)ncn1. The number of hydroxylamine groups is 2. The summed E-state index contributed by atoms with van der Waals surface area (Å²) in [5, 5.41) is 9.94. The molecule has 1 N–H and O–H groups in total. The van der Waals surface area contributed by atoms with E-state index in [4.69, 9.17) is 14.7 Å². The van der Waals surface area contributed by atoms with Crippen molar-refractivity contribution in [3.8, 4) is 5.88 Å². The summed E-state index contributed by atoms with van der Waals surface area (Å²) >= 11 is 0. The van der Waals surface area contributed by atoms with Gasteiger partial charge in [0.05, 0.1) is 0 Å². The number of carbonyl (C=O) groups is 2.